The number of hydrogen-bond donors (Lipinski definition) is 0. The Morgan fingerprint density at radius 2 is 2.22 bits per heavy atom. The highest BCUT2D eigenvalue weighted by atomic mass is 32.1. The van der Waals surface area contributed by atoms with Crippen molar-refractivity contribution in [2.24, 2.45) is 0 Å². The van der Waals surface area contributed by atoms with Gasteiger partial charge in [-0.15, -0.1) is 11.3 Å². The van der Waals surface area contributed by atoms with Gasteiger partial charge in [-0.1, -0.05) is 6.07 Å². The Hall–Kier alpha value is -2.07. The monoisotopic (exact) mass is 258 g/mol. The van der Waals surface area contributed by atoms with Crippen molar-refractivity contribution in [1.29, 1.82) is 0 Å². The van der Waals surface area contributed by atoms with Crippen molar-refractivity contribution in [3.63, 3.8) is 0 Å². The number of ketones is 1. The fraction of sp³-hybridized carbons (Fsp3) is 0.0714. The maximum atomic E-state index is 12.1. The number of fused-ring (bicyclic) bond motifs is 1. The lowest BCUT2D eigenvalue weighted by Gasteiger charge is -2.01. The lowest BCUT2D eigenvalue weighted by Crippen LogP contribution is -1.97. The molecule has 0 saturated carbocycles. The number of ether oxygens (including phenoxy) is 2. The van der Waals surface area contributed by atoms with Gasteiger partial charge in [-0.25, -0.2) is 0 Å². The van der Waals surface area contributed by atoms with Crippen LogP contribution >= 0.6 is 11.3 Å². The van der Waals surface area contributed by atoms with Crippen LogP contribution in [0.2, 0.25) is 0 Å². The molecule has 1 aromatic carbocycles. The molecule has 4 heteroatoms. The topological polar surface area (TPSA) is 35.5 Å². The number of hydrogen-bond acceptors (Lipinski definition) is 4. The molecule has 0 spiro atoms. The summed E-state index contributed by atoms with van der Waals surface area (Å²) in [5.41, 5.74) is 0.582. The van der Waals surface area contributed by atoms with E-state index < -0.39 is 0 Å². The van der Waals surface area contributed by atoms with E-state index in [4.69, 9.17) is 9.47 Å². The molecular formula is C14H10O3S. The van der Waals surface area contributed by atoms with Crippen molar-refractivity contribution in [2.45, 2.75) is 0 Å². The second kappa shape index (κ2) is 4.31. The van der Waals surface area contributed by atoms with E-state index >= 15 is 0 Å². The van der Waals surface area contributed by atoms with Crippen LogP contribution in [0, 0.1) is 0 Å². The summed E-state index contributed by atoms with van der Waals surface area (Å²) in [6.45, 7) is 0. The van der Waals surface area contributed by atoms with Crippen molar-refractivity contribution >= 4 is 23.2 Å². The van der Waals surface area contributed by atoms with E-state index in [1.165, 1.54) is 0 Å². The maximum Gasteiger partial charge on any atom is 0.232 e. The zero-order valence-corrected chi connectivity index (χ0v) is 10.5. The molecule has 2 heterocycles. The summed E-state index contributed by atoms with van der Waals surface area (Å²) >= 11 is 1.56. The zero-order chi connectivity index (χ0) is 12.5. The Bertz CT molecular complexity index is 626. The number of rotatable bonds is 2. The molecule has 1 aromatic heterocycles. The van der Waals surface area contributed by atoms with Crippen LogP contribution in [0.25, 0.3) is 6.08 Å². The molecule has 90 valence electrons. The standard InChI is InChI=1S/C14H10O3S/c1-16-9-4-5-11-12(7-9)17-13(14(11)15)8-10-3-2-6-18-10/h2-8H,1H3. The van der Waals surface area contributed by atoms with E-state index in [1.54, 1.807) is 42.7 Å². The molecule has 3 nitrogen and oxygen atoms in total. The van der Waals surface area contributed by atoms with Gasteiger partial charge in [0, 0.05) is 17.0 Å². The first kappa shape index (κ1) is 11.0. The first-order valence-electron chi connectivity index (χ1n) is 5.44. The molecule has 0 bridgehead atoms. The van der Waals surface area contributed by atoms with Gasteiger partial charge in [-0.05, 0) is 23.6 Å². The first-order valence-corrected chi connectivity index (χ1v) is 6.31. The highest BCUT2D eigenvalue weighted by Gasteiger charge is 2.27. The van der Waals surface area contributed by atoms with Crippen LogP contribution in [0.4, 0.5) is 0 Å². The number of benzene rings is 1. The summed E-state index contributed by atoms with van der Waals surface area (Å²) in [6, 6.07) is 9.09. The third-order valence-electron chi connectivity index (χ3n) is 2.69. The fourth-order valence-corrected chi connectivity index (χ4v) is 2.44. The summed E-state index contributed by atoms with van der Waals surface area (Å²) in [5.74, 6) is 1.52. The van der Waals surface area contributed by atoms with Crippen LogP contribution in [0.5, 0.6) is 11.5 Å². The molecule has 3 rings (SSSR count). The van der Waals surface area contributed by atoms with Crippen LogP contribution in [0.1, 0.15) is 15.2 Å². The van der Waals surface area contributed by atoms with Gasteiger partial charge in [0.05, 0.1) is 12.7 Å². The number of allylic oxidation sites excluding steroid dienone is 1. The van der Waals surface area contributed by atoms with E-state index in [1.807, 2.05) is 17.5 Å². The second-order valence-electron chi connectivity index (χ2n) is 3.82. The van der Waals surface area contributed by atoms with E-state index in [0.717, 1.165) is 4.88 Å². The number of carbonyl (C=O) groups excluding carboxylic acids is 1. The van der Waals surface area contributed by atoms with Gasteiger partial charge in [-0.2, -0.15) is 0 Å². The Morgan fingerprint density at radius 1 is 1.33 bits per heavy atom. The SMILES string of the molecule is COc1ccc2c(c1)OC(=Cc1cccs1)C2=O. The number of carbonyl (C=O) groups is 1. The maximum absolute atomic E-state index is 12.1. The lowest BCUT2D eigenvalue weighted by molar-refractivity contribution is 0.101. The highest BCUT2D eigenvalue weighted by Crippen LogP contribution is 2.34. The third kappa shape index (κ3) is 1.80. The molecule has 0 aliphatic carbocycles. The summed E-state index contributed by atoms with van der Waals surface area (Å²) in [7, 11) is 1.58. The molecular weight excluding hydrogens is 248 g/mol. The van der Waals surface area contributed by atoms with Gasteiger partial charge in [0.15, 0.2) is 5.76 Å². The van der Waals surface area contributed by atoms with Crippen LogP contribution in [-0.2, 0) is 0 Å². The van der Waals surface area contributed by atoms with Crippen molar-refractivity contribution < 1.29 is 14.3 Å². The Balaban J connectivity index is 1.98. The number of thiophene rings is 1. The van der Waals surface area contributed by atoms with Crippen LogP contribution in [0.3, 0.4) is 0 Å². The average molecular weight is 258 g/mol. The van der Waals surface area contributed by atoms with E-state index in [-0.39, 0.29) is 5.78 Å². The van der Waals surface area contributed by atoms with Crippen molar-refractivity contribution in [2.75, 3.05) is 7.11 Å². The minimum atomic E-state index is -0.0824. The third-order valence-corrected chi connectivity index (χ3v) is 3.51. The summed E-state index contributed by atoms with van der Waals surface area (Å²) < 4.78 is 10.7. The molecule has 0 radical (unpaired) electrons. The molecule has 2 aromatic rings. The summed E-state index contributed by atoms with van der Waals surface area (Å²) in [4.78, 5) is 13.1. The molecule has 1 aliphatic heterocycles. The first-order chi connectivity index (χ1) is 8.78. The second-order valence-corrected chi connectivity index (χ2v) is 4.80. The van der Waals surface area contributed by atoms with Gasteiger partial charge in [-0.3, -0.25) is 4.79 Å². The minimum Gasteiger partial charge on any atom is -0.497 e. The van der Waals surface area contributed by atoms with Gasteiger partial charge in [0.25, 0.3) is 0 Å². The molecule has 0 unspecified atom stereocenters. The number of methoxy groups -OCH3 is 1. The molecule has 0 saturated heterocycles. The quantitative estimate of drug-likeness (QED) is 0.775. The Labute approximate surface area is 108 Å². The molecule has 0 amide bonds. The van der Waals surface area contributed by atoms with E-state index in [2.05, 4.69) is 0 Å². The normalized spacial score (nSPS) is 15.6. The van der Waals surface area contributed by atoms with Crippen LogP contribution in [0.15, 0.2) is 41.5 Å². The predicted molar refractivity (Wildman–Crippen MR) is 70.2 cm³/mol. The van der Waals surface area contributed by atoms with Crippen LogP contribution < -0.4 is 9.47 Å². The van der Waals surface area contributed by atoms with Crippen molar-refractivity contribution in [3.05, 3.63) is 51.9 Å². The van der Waals surface area contributed by atoms with Crippen molar-refractivity contribution in [1.82, 2.24) is 0 Å². The number of Topliss-reactive ketones (excluding diaryl/α,β-unsaturated/α-hetero) is 1. The van der Waals surface area contributed by atoms with Gasteiger partial charge in [0.1, 0.15) is 11.5 Å². The van der Waals surface area contributed by atoms with Crippen LogP contribution in [-0.4, -0.2) is 12.9 Å². The van der Waals surface area contributed by atoms with Gasteiger partial charge < -0.3 is 9.47 Å². The Morgan fingerprint density at radius 3 is 2.94 bits per heavy atom. The predicted octanol–water partition coefficient (Wildman–Crippen LogP) is 3.37. The largest absolute Gasteiger partial charge is 0.497 e. The molecule has 0 N–H and O–H groups in total. The van der Waals surface area contributed by atoms with Gasteiger partial charge in [0.2, 0.25) is 5.78 Å². The molecule has 1 aliphatic rings. The van der Waals surface area contributed by atoms with E-state index in [9.17, 15) is 4.79 Å². The molecule has 0 atom stereocenters. The van der Waals surface area contributed by atoms with Gasteiger partial charge >= 0.3 is 0 Å². The minimum absolute atomic E-state index is 0.0824. The Kier molecular flexibility index (Phi) is 2.64. The van der Waals surface area contributed by atoms with Crippen molar-refractivity contribution in [3.8, 4) is 11.5 Å². The summed E-state index contributed by atoms with van der Waals surface area (Å²) in [6.07, 6.45) is 1.76. The lowest BCUT2D eigenvalue weighted by atomic mass is 10.1. The highest BCUT2D eigenvalue weighted by molar-refractivity contribution is 7.10. The smallest absolute Gasteiger partial charge is 0.232 e. The fourth-order valence-electron chi connectivity index (χ4n) is 1.80. The molecule has 0 fully saturated rings. The average Bonchev–Trinajstić information content (AvgIpc) is 2.99. The zero-order valence-electron chi connectivity index (χ0n) is 9.67. The molecule has 18 heavy (non-hydrogen) atoms. The van der Waals surface area contributed by atoms with E-state index in [0.29, 0.717) is 22.8 Å². The summed E-state index contributed by atoms with van der Waals surface area (Å²) in [5, 5.41) is 1.96.